The summed E-state index contributed by atoms with van der Waals surface area (Å²) in [7, 11) is 0. The molecule has 1 aliphatic heterocycles. The van der Waals surface area contributed by atoms with Crippen molar-refractivity contribution in [1.82, 2.24) is 10.2 Å². The first-order valence-electron chi connectivity index (χ1n) is 6.82. The summed E-state index contributed by atoms with van der Waals surface area (Å²) in [6.07, 6.45) is 3.07. The van der Waals surface area contributed by atoms with E-state index in [0.29, 0.717) is 31.2 Å². The number of hydrogen-bond donors (Lipinski definition) is 2. The molecule has 0 radical (unpaired) electrons. The summed E-state index contributed by atoms with van der Waals surface area (Å²) in [6.45, 7) is 3.13. The summed E-state index contributed by atoms with van der Waals surface area (Å²) < 4.78 is 5.12. The van der Waals surface area contributed by atoms with Crippen molar-refractivity contribution >= 4 is 11.9 Å². The number of rotatable bonds is 5. The van der Waals surface area contributed by atoms with Gasteiger partial charge in [-0.15, -0.1) is 0 Å². The van der Waals surface area contributed by atoms with Crippen LogP contribution in [0.1, 0.15) is 25.5 Å². The zero-order valence-corrected chi connectivity index (χ0v) is 11.5. The van der Waals surface area contributed by atoms with Crippen molar-refractivity contribution in [3.63, 3.8) is 0 Å². The van der Waals surface area contributed by atoms with Crippen molar-refractivity contribution in [2.24, 2.45) is 5.92 Å². The van der Waals surface area contributed by atoms with Gasteiger partial charge in [0.25, 0.3) is 0 Å². The van der Waals surface area contributed by atoms with Crippen molar-refractivity contribution in [3.05, 3.63) is 24.2 Å². The zero-order chi connectivity index (χ0) is 14.5. The number of carboxylic acid groups (broad SMARTS) is 1. The van der Waals surface area contributed by atoms with Crippen molar-refractivity contribution in [1.29, 1.82) is 0 Å². The summed E-state index contributed by atoms with van der Waals surface area (Å²) in [5.74, 6) is 0.0384. The third kappa shape index (κ3) is 3.84. The van der Waals surface area contributed by atoms with E-state index >= 15 is 0 Å². The molecule has 0 spiro atoms. The summed E-state index contributed by atoms with van der Waals surface area (Å²) in [4.78, 5) is 24.9. The standard InChI is InChI=1S/C14H20N2O4/c1-10-4-5-16(12(7-10)14(18)19)9-13(17)15-8-11-3-2-6-20-11/h2-3,6,10,12H,4-5,7-9H2,1H3,(H,15,17)(H,18,19). The van der Waals surface area contributed by atoms with Gasteiger partial charge in [-0.05, 0) is 37.4 Å². The number of aliphatic carboxylic acids is 1. The average Bonchev–Trinajstić information content (AvgIpc) is 2.91. The van der Waals surface area contributed by atoms with Gasteiger partial charge in [-0.3, -0.25) is 14.5 Å². The van der Waals surface area contributed by atoms with Gasteiger partial charge in [-0.1, -0.05) is 6.92 Å². The highest BCUT2D eigenvalue weighted by atomic mass is 16.4. The second-order valence-electron chi connectivity index (χ2n) is 5.31. The van der Waals surface area contributed by atoms with Gasteiger partial charge in [-0.25, -0.2) is 0 Å². The fraction of sp³-hybridized carbons (Fsp3) is 0.571. The van der Waals surface area contributed by atoms with Crippen LogP contribution in [0.15, 0.2) is 22.8 Å². The molecule has 0 saturated carbocycles. The molecular weight excluding hydrogens is 260 g/mol. The Morgan fingerprint density at radius 1 is 1.55 bits per heavy atom. The number of piperidine rings is 1. The topological polar surface area (TPSA) is 82.8 Å². The molecule has 0 aliphatic carbocycles. The average molecular weight is 280 g/mol. The lowest BCUT2D eigenvalue weighted by molar-refractivity contribution is -0.146. The predicted octanol–water partition coefficient (Wildman–Crippen LogP) is 1.08. The van der Waals surface area contributed by atoms with Gasteiger partial charge in [0, 0.05) is 0 Å². The number of likely N-dealkylation sites (tertiary alicyclic amines) is 1. The Hall–Kier alpha value is -1.82. The monoisotopic (exact) mass is 280 g/mol. The summed E-state index contributed by atoms with van der Waals surface area (Å²) in [5.41, 5.74) is 0. The third-order valence-corrected chi connectivity index (χ3v) is 3.65. The molecule has 0 aromatic carbocycles. The summed E-state index contributed by atoms with van der Waals surface area (Å²) >= 11 is 0. The second kappa shape index (κ2) is 6.56. The van der Waals surface area contributed by atoms with Gasteiger partial charge in [0.1, 0.15) is 11.8 Å². The molecule has 2 atom stereocenters. The molecule has 1 fully saturated rings. The van der Waals surface area contributed by atoms with Gasteiger partial charge < -0.3 is 14.8 Å². The third-order valence-electron chi connectivity index (χ3n) is 3.65. The van der Waals surface area contributed by atoms with E-state index < -0.39 is 12.0 Å². The predicted molar refractivity (Wildman–Crippen MR) is 71.9 cm³/mol. The molecule has 2 heterocycles. The highest BCUT2D eigenvalue weighted by Gasteiger charge is 2.32. The maximum absolute atomic E-state index is 11.9. The number of carbonyl (C=O) groups excluding carboxylic acids is 1. The highest BCUT2D eigenvalue weighted by Crippen LogP contribution is 2.22. The lowest BCUT2D eigenvalue weighted by Crippen LogP contribution is -2.50. The van der Waals surface area contributed by atoms with Gasteiger partial charge in [0.15, 0.2) is 0 Å². The van der Waals surface area contributed by atoms with Crippen LogP contribution in [0.3, 0.4) is 0 Å². The van der Waals surface area contributed by atoms with E-state index in [2.05, 4.69) is 5.32 Å². The molecular formula is C14H20N2O4. The van der Waals surface area contributed by atoms with Crippen LogP contribution in [-0.2, 0) is 16.1 Å². The Balaban J connectivity index is 1.84. The molecule has 1 aliphatic rings. The Morgan fingerprint density at radius 2 is 2.35 bits per heavy atom. The van der Waals surface area contributed by atoms with Crippen LogP contribution in [0.4, 0.5) is 0 Å². The number of carboxylic acids is 1. The fourth-order valence-electron chi connectivity index (χ4n) is 2.48. The number of carbonyl (C=O) groups is 2. The largest absolute Gasteiger partial charge is 0.480 e. The smallest absolute Gasteiger partial charge is 0.320 e. The number of hydrogen-bond acceptors (Lipinski definition) is 4. The van der Waals surface area contributed by atoms with Crippen LogP contribution in [0.5, 0.6) is 0 Å². The lowest BCUT2D eigenvalue weighted by atomic mass is 9.92. The minimum absolute atomic E-state index is 0.115. The van der Waals surface area contributed by atoms with E-state index in [1.807, 2.05) is 6.92 Å². The Bertz CT molecular complexity index is 458. The molecule has 1 saturated heterocycles. The van der Waals surface area contributed by atoms with Crippen LogP contribution in [0.2, 0.25) is 0 Å². The van der Waals surface area contributed by atoms with Crippen LogP contribution < -0.4 is 5.32 Å². The number of furan rings is 1. The molecule has 1 aromatic rings. The molecule has 6 nitrogen and oxygen atoms in total. The first-order valence-corrected chi connectivity index (χ1v) is 6.82. The van der Waals surface area contributed by atoms with Crippen LogP contribution in [-0.4, -0.2) is 41.0 Å². The van der Waals surface area contributed by atoms with Gasteiger partial charge in [0.2, 0.25) is 5.91 Å². The first-order chi connectivity index (χ1) is 9.56. The van der Waals surface area contributed by atoms with E-state index in [1.165, 1.54) is 0 Å². The molecule has 2 N–H and O–H groups in total. The van der Waals surface area contributed by atoms with Gasteiger partial charge in [0.05, 0.1) is 19.4 Å². The number of amides is 1. The minimum Gasteiger partial charge on any atom is -0.480 e. The van der Waals surface area contributed by atoms with Crippen LogP contribution in [0.25, 0.3) is 0 Å². The molecule has 0 bridgehead atoms. The van der Waals surface area contributed by atoms with Crippen molar-refractivity contribution in [2.45, 2.75) is 32.4 Å². The molecule has 20 heavy (non-hydrogen) atoms. The SMILES string of the molecule is CC1CCN(CC(=O)NCc2ccco2)C(C(=O)O)C1. The highest BCUT2D eigenvalue weighted by molar-refractivity contribution is 5.80. The minimum atomic E-state index is -0.851. The zero-order valence-electron chi connectivity index (χ0n) is 11.5. The van der Waals surface area contributed by atoms with E-state index in [-0.39, 0.29) is 12.5 Å². The molecule has 2 rings (SSSR count). The van der Waals surface area contributed by atoms with E-state index in [0.717, 1.165) is 6.42 Å². The number of nitrogens with one attached hydrogen (secondary N) is 1. The lowest BCUT2D eigenvalue weighted by Gasteiger charge is -2.35. The maximum Gasteiger partial charge on any atom is 0.320 e. The quantitative estimate of drug-likeness (QED) is 0.843. The summed E-state index contributed by atoms with van der Waals surface area (Å²) in [6, 6.07) is 2.98. The van der Waals surface area contributed by atoms with Crippen molar-refractivity contribution in [2.75, 3.05) is 13.1 Å². The van der Waals surface area contributed by atoms with E-state index in [4.69, 9.17) is 4.42 Å². The van der Waals surface area contributed by atoms with Crippen LogP contribution in [0, 0.1) is 5.92 Å². The van der Waals surface area contributed by atoms with E-state index in [9.17, 15) is 14.7 Å². The van der Waals surface area contributed by atoms with Crippen LogP contribution >= 0.6 is 0 Å². The normalized spacial score (nSPS) is 23.4. The Morgan fingerprint density at radius 3 is 3.00 bits per heavy atom. The van der Waals surface area contributed by atoms with Crippen molar-refractivity contribution < 1.29 is 19.1 Å². The first kappa shape index (κ1) is 14.6. The molecule has 6 heteroatoms. The molecule has 110 valence electrons. The van der Waals surface area contributed by atoms with E-state index in [1.54, 1.807) is 23.3 Å². The van der Waals surface area contributed by atoms with Crippen molar-refractivity contribution in [3.8, 4) is 0 Å². The molecule has 1 amide bonds. The Kier molecular flexibility index (Phi) is 4.79. The van der Waals surface area contributed by atoms with Gasteiger partial charge in [-0.2, -0.15) is 0 Å². The number of nitrogens with zero attached hydrogens (tertiary/aromatic N) is 1. The second-order valence-corrected chi connectivity index (χ2v) is 5.31. The fourth-order valence-corrected chi connectivity index (χ4v) is 2.48. The molecule has 2 unspecified atom stereocenters. The van der Waals surface area contributed by atoms with Gasteiger partial charge >= 0.3 is 5.97 Å². The summed E-state index contributed by atoms with van der Waals surface area (Å²) in [5, 5.41) is 12.0. The maximum atomic E-state index is 11.9. The Labute approximate surface area is 117 Å². The molecule has 1 aromatic heterocycles.